The van der Waals surface area contributed by atoms with Crippen LogP contribution in [0.2, 0.25) is 0 Å². The molecular formula is C13H26N2O. The van der Waals surface area contributed by atoms with Crippen molar-refractivity contribution in [2.24, 2.45) is 11.7 Å². The molecule has 16 heavy (non-hydrogen) atoms. The summed E-state index contributed by atoms with van der Waals surface area (Å²) in [5.41, 5.74) is 5.53. The van der Waals surface area contributed by atoms with E-state index >= 15 is 0 Å². The minimum Gasteiger partial charge on any atom is -0.338 e. The Hall–Kier alpha value is -0.570. The minimum atomic E-state index is -0.654. The largest absolute Gasteiger partial charge is 0.338 e. The molecule has 1 amide bonds. The predicted octanol–water partition coefficient (Wildman–Crippen LogP) is 2.15. The average molecular weight is 226 g/mol. The number of nitrogens with zero attached hydrogens (tertiary/aromatic N) is 1. The SMILES string of the molecule is CCC(N)(CC)C(=O)N(CC1CC1)C(C)C. The van der Waals surface area contributed by atoms with Gasteiger partial charge in [-0.3, -0.25) is 4.79 Å². The Morgan fingerprint density at radius 3 is 2.19 bits per heavy atom. The van der Waals surface area contributed by atoms with Gasteiger partial charge < -0.3 is 10.6 Å². The van der Waals surface area contributed by atoms with Crippen molar-refractivity contribution < 1.29 is 4.79 Å². The van der Waals surface area contributed by atoms with Gasteiger partial charge in [-0.05, 0) is 45.4 Å². The quantitative estimate of drug-likeness (QED) is 0.754. The molecule has 0 aromatic carbocycles. The molecule has 94 valence electrons. The van der Waals surface area contributed by atoms with Crippen LogP contribution in [-0.4, -0.2) is 28.9 Å². The fourth-order valence-corrected chi connectivity index (χ4v) is 1.95. The number of nitrogens with two attached hydrogens (primary N) is 1. The van der Waals surface area contributed by atoms with E-state index in [1.807, 2.05) is 18.7 Å². The van der Waals surface area contributed by atoms with E-state index in [-0.39, 0.29) is 11.9 Å². The Morgan fingerprint density at radius 2 is 1.88 bits per heavy atom. The van der Waals surface area contributed by atoms with E-state index in [4.69, 9.17) is 5.73 Å². The van der Waals surface area contributed by atoms with E-state index in [1.54, 1.807) is 0 Å². The van der Waals surface area contributed by atoms with Gasteiger partial charge in [-0.1, -0.05) is 13.8 Å². The Labute approximate surface area is 99.4 Å². The Morgan fingerprint density at radius 1 is 1.38 bits per heavy atom. The Bertz CT molecular complexity index is 242. The van der Waals surface area contributed by atoms with Crippen LogP contribution < -0.4 is 5.73 Å². The van der Waals surface area contributed by atoms with Gasteiger partial charge >= 0.3 is 0 Å². The lowest BCUT2D eigenvalue weighted by atomic mass is 9.92. The third-order valence-electron chi connectivity index (χ3n) is 3.72. The second-order valence-electron chi connectivity index (χ2n) is 5.36. The molecule has 0 heterocycles. The highest BCUT2D eigenvalue weighted by Crippen LogP contribution is 2.31. The maximum Gasteiger partial charge on any atom is 0.242 e. The summed E-state index contributed by atoms with van der Waals surface area (Å²) in [6, 6.07) is 0.258. The van der Waals surface area contributed by atoms with Crippen LogP contribution in [0.1, 0.15) is 53.4 Å². The van der Waals surface area contributed by atoms with Gasteiger partial charge in [0.25, 0.3) is 0 Å². The molecule has 0 saturated heterocycles. The number of amides is 1. The van der Waals surface area contributed by atoms with Gasteiger partial charge in [0.2, 0.25) is 5.91 Å². The van der Waals surface area contributed by atoms with Gasteiger partial charge in [0.05, 0.1) is 5.54 Å². The highest BCUT2D eigenvalue weighted by molar-refractivity contribution is 5.86. The van der Waals surface area contributed by atoms with Gasteiger partial charge in [0.1, 0.15) is 0 Å². The van der Waals surface area contributed by atoms with E-state index in [1.165, 1.54) is 12.8 Å². The maximum atomic E-state index is 12.4. The summed E-state index contributed by atoms with van der Waals surface area (Å²) in [7, 11) is 0. The van der Waals surface area contributed by atoms with Crippen molar-refractivity contribution in [1.82, 2.24) is 4.90 Å². The average Bonchev–Trinajstić information content (AvgIpc) is 3.07. The molecule has 1 aliphatic rings. The van der Waals surface area contributed by atoms with Crippen LogP contribution >= 0.6 is 0 Å². The molecule has 0 aromatic heterocycles. The number of hydrogen-bond donors (Lipinski definition) is 1. The van der Waals surface area contributed by atoms with E-state index in [9.17, 15) is 4.79 Å². The smallest absolute Gasteiger partial charge is 0.242 e. The molecule has 1 fully saturated rings. The highest BCUT2D eigenvalue weighted by Gasteiger charge is 2.37. The second-order valence-corrected chi connectivity index (χ2v) is 5.36. The van der Waals surface area contributed by atoms with E-state index in [0.717, 1.165) is 25.3 Å². The van der Waals surface area contributed by atoms with Crippen LogP contribution in [0.3, 0.4) is 0 Å². The summed E-state index contributed by atoms with van der Waals surface area (Å²) < 4.78 is 0. The maximum absolute atomic E-state index is 12.4. The van der Waals surface area contributed by atoms with Gasteiger partial charge in [-0.15, -0.1) is 0 Å². The van der Waals surface area contributed by atoms with E-state index < -0.39 is 5.54 Å². The van der Waals surface area contributed by atoms with Crippen LogP contribution in [-0.2, 0) is 4.79 Å². The number of hydrogen-bond acceptors (Lipinski definition) is 2. The summed E-state index contributed by atoms with van der Waals surface area (Å²) in [6.45, 7) is 9.04. The summed E-state index contributed by atoms with van der Waals surface area (Å²) in [4.78, 5) is 14.4. The molecule has 0 aromatic rings. The standard InChI is InChI=1S/C13H26N2O/c1-5-13(14,6-2)12(16)15(10(3)4)9-11-7-8-11/h10-11H,5-9,14H2,1-4H3. The molecule has 3 nitrogen and oxygen atoms in total. The lowest BCUT2D eigenvalue weighted by Gasteiger charge is -2.35. The van der Waals surface area contributed by atoms with Crippen molar-refractivity contribution in [1.29, 1.82) is 0 Å². The first kappa shape index (κ1) is 13.5. The number of rotatable bonds is 6. The molecule has 0 bridgehead atoms. The van der Waals surface area contributed by atoms with Crippen molar-refractivity contribution in [3.05, 3.63) is 0 Å². The molecule has 1 saturated carbocycles. The van der Waals surface area contributed by atoms with Crippen LogP contribution in [0, 0.1) is 5.92 Å². The molecule has 0 aliphatic heterocycles. The molecule has 0 spiro atoms. The van der Waals surface area contributed by atoms with Crippen molar-refractivity contribution in [2.75, 3.05) is 6.54 Å². The molecule has 2 N–H and O–H groups in total. The van der Waals surface area contributed by atoms with Crippen molar-refractivity contribution in [2.45, 2.75) is 65.0 Å². The van der Waals surface area contributed by atoms with Gasteiger partial charge in [-0.2, -0.15) is 0 Å². The van der Waals surface area contributed by atoms with Gasteiger partial charge in [0, 0.05) is 12.6 Å². The lowest BCUT2D eigenvalue weighted by Crippen LogP contribution is -2.56. The molecule has 0 unspecified atom stereocenters. The first-order chi connectivity index (χ1) is 7.44. The first-order valence-electron chi connectivity index (χ1n) is 6.54. The van der Waals surface area contributed by atoms with Gasteiger partial charge in [0.15, 0.2) is 0 Å². The topological polar surface area (TPSA) is 46.3 Å². The lowest BCUT2D eigenvalue weighted by molar-refractivity contribution is -0.139. The molecule has 0 atom stereocenters. The van der Waals surface area contributed by atoms with E-state index in [0.29, 0.717) is 0 Å². The minimum absolute atomic E-state index is 0.138. The van der Waals surface area contributed by atoms with Gasteiger partial charge in [-0.25, -0.2) is 0 Å². The Kier molecular flexibility index (Phi) is 4.36. The van der Waals surface area contributed by atoms with Crippen molar-refractivity contribution >= 4 is 5.91 Å². The molecule has 1 rings (SSSR count). The Balaban J connectivity index is 2.71. The molecule has 1 aliphatic carbocycles. The second kappa shape index (κ2) is 5.17. The normalized spacial score (nSPS) is 16.6. The fourth-order valence-electron chi connectivity index (χ4n) is 1.95. The summed E-state index contributed by atoms with van der Waals surface area (Å²) in [6.07, 6.45) is 3.98. The predicted molar refractivity (Wildman–Crippen MR) is 67.1 cm³/mol. The van der Waals surface area contributed by atoms with E-state index in [2.05, 4.69) is 13.8 Å². The summed E-state index contributed by atoms with van der Waals surface area (Å²) >= 11 is 0. The molecule has 3 heteroatoms. The summed E-state index contributed by atoms with van der Waals surface area (Å²) in [5.74, 6) is 0.865. The third kappa shape index (κ3) is 2.97. The number of carbonyl (C=O) groups excluding carboxylic acids is 1. The zero-order valence-electron chi connectivity index (χ0n) is 11.1. The fraction of sp³-hybridized carbons (Fsp3) is 0.923. The monoisotopic (exact) mass is 226 g/mol. The van der Waals surface area contributed by atoms with Crippen molar-refractivity contribution in [3.63, 3.8) is 0 Å². The zero-order chi connectivity index (χ0) is 12.3. The summed E-state index contributed by atoms with van der Waals surface area (Å²) in [5, 5.41) is 0. The third-order valence-corrected chi connectivity index (χ3v) is 3.72. The highest BCUT2D eigenvalue weighted by atomic mass is 16.2. The van der Waals surface area contributed by atoms with Crippen molar-refractivity contribution in [3.8, 4) is 0 Å². The number of carbonyl (C=O) groups is 1. The van der Waals surface area contributed by atoms with Crippen LogP contribution in [0.5, 0.6) is 0 Å². The van der Waals surface area contributed by atoms with Crippen LogP contribution in [0.25, 0.3) is 0 Å². The van der Waals surface area contributed by atoms with Crippen LogP contribution in [0.15, 0.2) is 0 Å². The first-order valence-corrected chi connectivity index (χ1v) is 6.54. The zero-order valence-corrected chi connectivity index (χ0v) is 11.1. The molecule has 0 radical (unpaired) electrons. The van der Waals surface area contributed by atoms with Crippen LogP contribution in [0.4, 0.5) is 0 Å². The molecular weight excluding hydrogens is 200 g/mol.